The fourth-order valence-corrected chi connectivity index (χ4v) is 4.07. The van der Waals surface area contributed by atoms with Gasteiger partial charge in [0.25, 0.3) is 5.92 Å². The van der Waals surface area contributed by atoms with Crippen molar-refractivity contribution in [2.24, 2.45) is 5.92 Å². The van der Waals surface area contributed by atoms with Crippen LogP contribution in [0.3, 0.4) is 0 Å². The lowest BCUT2D eigenvalue weighted by atomic mass is 9.89. The van der Waals surface area contributed by atoms with Gasteiger partial charge in [-0.25, -0.2) is 13.2 Å². The summed E-state index contributed by atoms with van der Waals surface area (Å²) in [5.41, 5.74) is 2.84. The van der Waals surface area contributed by atoms with Gasteiger partial charge >= 0.3 is 0 Å². The number of piperidine rings is 1. The third kappa shape index (κ3) is 5.32. The third-order valence-electron chi connectivity index (χ3n) is 6.15. The number of rotatable bonds is 7. The van der Waals surface area contributed by atoms with Gasteiger partial charge in [0.05, 0.1) is 18.2 Å². The Labute approximate surface area is 180 Å². The molecule has 2 aromatic carbocycles. The molecule has 0 radical (unpaired) electrons. The highest BCUT2D eigenvalue weighted by Crippen LogP contribution is 2.48. The predicted octanol–water partition coefficient (Wildman–Crippen LogP) is 4.88. The quantitative estimate of drug-likeness (QED) is 0.678. The van der Waals surface area contributed by atoms with Crippen LogP contribution in [0, 0.1) is 11.7 Å². The van der Waals surface area contributed by atoms with E-state index in [4.69, 9.17) is 4.74 Å². The Kier molecular flexibility index (Phi) is 6.12. The van der Waals surface area contributed by atoms with Crippen LogP contribution >= 0.6 is 0 Å². The fraction of sp³-hybridized carbons (Fsp3) is 0.458. The summed E-state index contributed by atoms with van der Waals surface area (Å²) in [7, 11) is 0. The second-order valence-electron chi connectivity index (χ2n) is 8.50. The van der Waals surface area contributed by atoms with Crippen molar-refractivity contribution >= 4 is 11.6 Å². The number of nitrogens with one attached hydrogen (secondary N) is 1. The molecule has 1 saturated carbocycles. The average Bonchev–Trinajstić information content (AvgIpc) is 3.38. The minimum atomic E-state index is -2.63. The zero-order valence-corrected chi connectivity index (χ0v) is 17.5. The van der Waals surface area contributed by atoms with Gasteiger partial charge in [0.15, 0.2) is 0 Å². The Morgan fingerprint density at radius 2 is 1.84 bits per heavy atom. The molecule has 0 spiro atoms. The van der Waals surface area contributed by atoms with E-state index in [1.807, 2.05) is 17.0 Å². The second-order valence-corrected chi connectivity index (χ2v) is 8.50. The van der Waals surface area contributed by atoms with Gasteiger partial charge in [-0.3, -0.25) is 4.79 Å². The van der Waals surface area contributed by atoms with E-state index in [1.165, 1.54) is 18.6 Å². The Hall–Kier alpha value is -2.70. The highest BCUT2D eigenvalue weighted by molar-refractivity contribution is 5.72. The molecule has 31 heavy (non-hydrogen) atoms. The number of hydrogen-bond donors (Lipinski definition) is 1. The summed E-state index contributed by atoms with van der Waals surface area (Å²) >= 11 is 0. The van der Waals surface area contributed by atoms with Gasteiger partial charge in [-0.05, 0) is 42.0 Å². The molecule has 166 valence electrons. The molecule has 1 atom stereocenters. The molecule has 0 bridgehead atoms. The lowest BCUT2D eigenvalue weighted by Gasteiger charge is -2.34. The van der Waals surface area contributed by atoms with Crippen molar-refractivity contribution in [3.63, 3.8) is 0 Å². The number of ether oxygens (including phenoxy) is 1. The highest BCUT2D eigenvalue weighted by Gasteiger charge is 2.57. The first-order valence-corrected chi connectivity index (χ1v) is 10.7. The van der Waals surface area contributed by atoms with Crippen LogP contribution in [0.2, 0.25) is 0 Å². The number of benzene rings is 2. The number of anilines is 1. The molecule has 2 aromatic rings. The number of nitrogens with zero attached hydrogens (tertiary/aromatic N) is 1. The summed E-state index contributed by atoms with van der Waals surface area (Å²) in [4.78, 5) is 13.1. The fourth-order valence-electron chi connectivity index (χ4n) is 4.07. The molecule has 1 unspecified atom stereocenters. The first kappa shape index (κ1) is 21.5. The van der Waals surface area contributed by atoms with Crippen LogP contribution in [0.4, 0.5) is 18.9 Å². The van der Waals surface area contributed by atoms with E-state index in [-0.39, 0.29) is 30.5 Å². The van der Waals surface area contributed by atoms with E-state index >= 15 is 0 Å². The summed E-state index contributed by atoms with van der Waals surface area (Å²) in [5.74, 6) is -3.12. The van der Waals surface area contributed by atoms with Gasteiger partial charge in [-0.1, -0.05) is 24.3 Å². The number of amides is 1. The van der Waals surface area contributed by atoms with Crippen LogP contribution in [0.15, 0.2) is 42.5 Å². The van der Waals surface area contributed by atoms with Crippen LogP contribution in [0.25, 0.3) is 0 Å². The molecule has 4 rings (SSSR count). The lowest BCUT2D eigenvalue weighted by Crippen LogP contribution is -2.33. The van der Waals surface area contributed by atoms with Crippen molar-refractivity contribution < 1.29 is 22.7 Å². The minimum absolute atomic E-state index is 0.0484. The zero-order valence-electron chi connectivity index (χ0n) is 17.5. The molecular weight excluding hydrogens is 405 g/mol. The van der Waals surface area contributed by atoms with Crippen molar-refractivity contribution in [2.75, 3.05) is 24.6 Å². The summed E-state index contributed by atoms with van der Waals surface area (Å²) in [6, 6.07) is 12.9. The number of hydrogen-bond acceptors (Lipinski definition) is 3. The standard InChI is InChI=1S/C24H27F3N2O2/c1-16(30)28-14-17-2-4-18(5-3-17)19-8-10-29(11-9-19)23-7-6-21(12-22(23)25)31-15-20-13-24(20,26)27/h2-7,12,19-20H,8-11,13-15H2,1H3,(H,28,30). The molecule has 7 heteroatoms. The predicted molar refractivity (Wildman–Crippen MR) is 113 cm³/mol. The molecule has 1 N–H and O–H groups in total. The number of halogens is 3. The van der Waals surface area contributed by atoms with E-state index in [9.17, 15) is 18.0 Å². The lowest BCUT2D eigenvalue weighted by molar-refractivity contribution is -0.119. The molecule has 2 fully saturated rings. The Bertz CT molecular complexity index is 925. The van der Waals surface area contributed by atoms with Gasteiger partial charge in [0.2, 0.25) is 5.91 Å². The third-order valence-corrected chi connectivity index (χ3v) is 6.15. The van der Waals surface area contributed by atoms with Gasteiger partial charge < -0.3 is 15.0 Å². The molecule has 0 aromatic heterocycles. The van der Waals surface area contributed by atoms with Gasteiger partial charge in [-0.2, -0.15) is 0 Å². The van der Waals surface area contributed by atoms with E-state index in [2.05, 4.69) is 17.4 Å². The molecule has 1 aliphatic heterocycles. The van der Waals surface area contributed by atoms with Crippen LogP contribution in [-0.2, 0) is 11.3 Å². The monoisotopic (exact) mass is 432 g/mol. The smallest absolute Gasteiger partial charge is 0.255 e. The van der Waals surface area contributed by atoms with E-state index in [0.29, 0.717) is 18.2 Å². The van der Waals surface area contributed by atoms with E-state index in [0.717, 1.165) is 31.5 Å². The van der Waals surface area contributed by atoms with Crippen LogP contribution in [-0.4, -0.2) is 31.5 Å². The van der Waals surface area contributed by atoms with Crippen molar-refractivity contribution in [2.45, 2.75) is 44.6 Å². The number of alkyl halides is 2. The van der Waals surface area contributed by atoms with E-state index < -0.39 is 11.8 Å². The number of carbonyl (C=O) groups excluding carboxylic acids is 1. The molecular formula is C24H27F3N2O2. The normalized spacial score (nSPS) is 20.4. The van der Waals surface area contributed by atoms with Crippen LogP contribution < -0.4 is 15.0 Å². The Balaban J connectivity index is 1.29. The van der Waals surface area contributed by atoms with Crippen molar-refractivity contribution in [3.8, 4) is 5.75 Å². The molecule has 1 saturated heterocycles. The maximum atomic E-state index is 14.6. The number of carbonyl (C=O) groups is 1. The maximum Gasteiger partial charge on any atom is 0.255 e. The second kappa shape index (κ2) is 8.81. The first-order chi connectivity index (χ1) is 14.8. The summed E-state index contributed by atoms with van der Waals surface area (Å²) < 4.78 is 45.9. The molecule has 2 aliphatic rings. The van der Waals surface area contributed by atoms with Gasteiger partial charge in [-0.15, -0.1) is 0 Å². The summed E-state index contributed by atoms with van der Waals surface area (Å²) in [6.07, 6.45) is 1.68. The van der Waals surface area contributed by atoms with Gasteiger partial charge in [0, 0.05) is 39.0 Å². The van der Waals surface area contributed by atoms with E-state index in [1.54, 1.807) is 12.1 Å². The summed E-state index contributed by atoms with van der Waals surface area (Å²) in [6.45, 7) is 3.42. The average molecular weight is 432 g/mol. The largest absolute Gasteiger partial charge is 0.493 e. The zero-order chi connectivity index (χ0) is 22.0. The molecule has 1 aliphatic carbocycles. The van der Waals surface area contributed by atoms with Crippen molar-refractivity contribution in [1.82, 2.24) is 5.32 Å². The first-order valence-electron chi connectivity index (χ1n) is 10.7. The van der Waals surface area contributed by atoms with Gasteiger partial charge in [0.1, 0.15) is 11.6 Å². The van der Waals surface area contributed by atoms with Crippen molar-refractivity contribution in [3.05, 3.63) is 59.4 Å². The highest BCUT2D eigenvalue weighted by atomic mass is 19.3. The van der Waals surface area contributed by atoms with Crippen LogP contribution in [0.5, 0.6) is 5.75 Å². The molecule has 1 amide bonds. The molecule has 4 nitrogen and oxygen atoms in total. The molecule has 1 heterocycles. The summed E-state index contributed by atoms with van der Waals surface area (Å²) in [5, 5.41) is 2.79. The Morgan fingerprint density at radius 3 is 2.42 bits per heavy atom. The topological polar surface area (TPSA) is 41.6 Å². The minimum Gasteiger partial charge on any atom is -0.493 e. The van der Waals surface area contributed by atoms with Crippen molar-refractivity contribution in [1.29, 1.82) is 0 Å². The maximum absolute atomic E-state index is 14.6. The SMILES string of the molecule is CC(=O)NCc1ccc(C2CCN(c3ccc(OCC4CC4(F)F)cc3F)CC2)cc1. The Morgan fingerprint density at radius 1 is 1.16 bits per heavy atom. The van der Waals surface area contributed by atoms with Crippen LogP contribution in [0.1, 0.15) is 43.2 Å².